The average Bonchev–Trinajstić information content (AvgIpc) is 2.70. The van der Waals surface area contributed by atoms with E-state index in [-0.39, 0.29) is 5.91 Å². The number of hydrogen-bond acceptors (Lipinski definition) is 4. The number of halogens is 1. The highest BCUT2D eigenvalue weighted by Gasteiger charge is 2.13. The smallest absolute Gasteiger partial charge is 0.267 e. The van der Waals surface area contributed by atoms with Gasteiger partial charge < -0.3 is 11.1 Å². The van der Waals surface area contributed by atoms with Crippen molar-refractivity contribution >= 4 is 40.2 Å². The highest BCUT2D eigenvalue weighted by molar-refractivity contribution is 7.12. The van der Waals surface area contributed by atoms with Crippen LogP contribution >= 0.6 is 22.9 Å². The van der Waals surface area contributed by atoms with E-state index in [0.29, 0.717) is 27.0 Å². The molecule has 88 valence electrons. The van der Waals surface area contributed by atoms with E-state index in [0.717, 1.165) is 0 Å². The van der Waals surface area contributed by atoms with Gasteiger partial charge in [-0.05, 0) is 25.1 Å². The molecule has 2 rings (SSSR count). The number of nitrogens with zero attached hydrogens (tertiary/aromatic N) is 1. The molecule has 17 heavy (non-hydrogen) atoms. The number of carbonyl (C=O) groups is 1. The Morgan fingerprint density at radius 2 is 2.29 bits per heavy atom. The van der Waals surface area contributed by atoms with Crippen LogP contribution in [-0.4, -0.2) is 10.9 Å². The van der Waals surface area contributed by atoms with Crippen LogP contribution in [0.25, 0.3) is 0 Å². The molecule has 3 N–H and O–H groups in total. The number of nitrogens with two attached hydrogens (primary N) is 1. The Labute approximate surface area is 107 Å². The van der Waals surface area contributed by atoms with Crippen LogP contribution < -0.4 is 11.1 Å². The van der Waals surface area contributed by atoms with Crippen molar-refractivity contribution < 1.29 is 4.79 Å². The van der Waals surface area contributed by atoms with Gasteiger partial charge in [-0.15, -0.1) is 11.3 Å². The molecule has 0 unspecified atom stereocenters. The van der Waals surface area contributed by atoms with Crippen molar-refractivity contribution in [3.8, 4) is 0 Å². The quantitative estimate of drug-likeness (QED) is 0.822. The van der Waals surface area contributed by atoms with Crippen molar-refractivity contribution in [2.45, 2.75) is 6.92 Å². The maximum absolute atomic E-state index is 11.9. The molecule has 0 spiro atoms. The number of nitrogen functional groups attached to an aromatic ring is 1. The average molecular weight is 268 g/mol. The molecule has 0 saturated carbocycles. The van der Waals surface area contributed by atoms with Crippen LogP contribution in [0.5, 0.6) is 0 Å². The number of rotatable bonds is 2. The van der Waals surface area contributed by atoms with E-state index in [2.05, 4.69) is 10.3 Å². The fraction of sp³-hybridized carbons (Fsp3) is 0.0909. The van der Waals surface area contributed by atoms with Crippen molar-refractivity contribution in [3.63, 3.8) is 0 Å². The molecule has 0 fully saturated rings. The van der Waals surface area contributed by atoms with Gasteiger partial charge in [-0.25, -0.2) is 4.98 Å². The Bertz CT molecular complexity index is 568. The van der Waals surface area contributed by atoms with Gasteiger partial charge in [0.15, 0.2) is 0 Å². The normalized spacial score (nSPS) is 10.2. The van der Waals surface area contributed by atoms with Crippen LogP contribution in [-0.2, 0) is 0 Å². The molecule has 1 heterocycles. The molecule has 1 amide bonds. The van der Waals surface area contributed by atoms with E-state index in [1.54, 1.807) is 30.6 Å². The molecule has 4 nitrogen and oxygen atoms in total. The molecular formula is C11H10ClN3OS. The fourth-order valence-corrected chi connectivity index (χ4v) is 2.21. The minimum Gasteiger partial charge on any atom is -0.397 e. The summed E-state index contributed by atoms with van der Waals surface area (Å²) in [4.78, 5) is 16.5. The van der Waals surface area contributed by atoms with Crippen molar-refractivity contribution in [3.05, 3.63) is 39.3 Å². The number of anilines is 2. The molecule has 6 heteroatoms. The fourth-order valence-electron chi connectivity index (χ4n) is 1.34. The molecule has 1 aromatic carbocycles. The van der Waals surface area contributed by atoms with Crippen LogP contribution in [0.1, 0.15) is 15.4 Å². The lowest BCUT2D eigenvalue weighted by Gasteiger charge is -2.07. The first-order chi connectivity index (χ1) is 8.08. The standard InChI is InChI=1S/C11H10ClN3OS/c1-6-10(17-5-14-6)11(16)15-9-4-7(12)2-3-8(9)13/h2-5H,13H2,1H3,(H,15,16). The molecule has 2 aromatic rings. The summed E-state index contributed by atoms with van der Waals surface area (Å²) in [7, 11) is 0. The minimum atomic E-state index is -0.223. The van der Waals surface area contributed by atoms with Gasteiger partial charge in [-0.2, -0.15) is 0 Å². The van der Waals surface area contributed by atoms with Crippen LogP contribution in [0.3, 0.4) is 0 Å². The van der Waals surface area contributed by atoms with Gasteiger partial charge in [0.25, 0.3) is 5.91 Å². The van der Waals surface area contributed by atoms with E-state index in [1.807, 2.05) is 0 Å². The summed E-state index contributed by atoms with van der Waals surface area (Å²) in [5.74, 6) is -0.223. The van der Waals surface area contributed by atoms with Gasteiger partial charge in [0.05, 0.1) is 22.6 Å². The van der Waals surface area contributed by atoms with Crippen LogP contribution in [0.4, 0.5) is 11.4 Å². The number of amides is 1. The number of aromatic nitrogens is 1. The zero-order chi connectivity index (χ0) is 12.4. The summed E-state index contributed by atoms with van der Waals surface area (Å²) in [6.07, 6.45) is 0. The Morgan fingerprint density at radius 1 is 1.53 bits per heavy atom. The summed E-state index contributed by atoms with van der Waals surface area (Å²) in [5, 5.41) is 3.24. The predicted molar refractivity (Wildman–Crippen MR) is 70.7 cm³/mol. The van der Waals surface area contributed by atoms with Gasteiger partial charge in [-0.3, -0.25) is 4.79 Å². The third-order valence-corrected chi connectivity index (χ3v) is 3.38. The predicted octanol–water partition coefficient (Wildman–Crippen LogP) is 2.94. The van der Waals surface area contributed by atoms with Crippen LogP contribution in [0.15, 0.2) is 23.7 Å². The lowest BCUT2D eigenvalue weighted by atomic mass is 10.2. The van der Waals surface area contributed by atoms with Gasteiger partial charge in [0.1, 0.15) is 4.88 Å². The second-order valence-electron chi connectivity index (χ2n) is 3.45. The van der Waals surface area contributed by atoms with E-state index in [4.69, 9.17) is 17.3 Å². The highest BCUT2D eigenvalue weighted by Crippen LogP contribution is 2.24. The maximum Gasteiger partial charge on any atom is 0.267 e. The monoisotopic (exact) mass is 267 g/mol. The lowest BCUT2D eigenvalue weighted by molar-refractivity contribution is 0.103. The number of carbonyl (C=O) groups excluding carboxylic acids is 1. The third-order valence-electron chi connectivity index (χ3n) is 2.22. The SMILES string of the molecule is Cc1ncsc1C(=O)Nc1cc(Cl)ccc1N. The molecule has 0 aliphatic carbocycles. The van der Waals surface area contributed by atoms with Crippen LogP contribution in [0.2, 0.25) is 5.02 Å². The molecule has 1 aromatic heterocycles. The zero-order valence-electron chi connectivity index (χ0n) is 9.03. The van der Waals surface area contributed by atoms with E-state index < -0.39 is 0 Å². The first kappa shape index (κ1) is 11.9. The Hall–Kier alpha value is -1.59. The summed E-state index contributed by atoms with van der Waals surface area (Å²) >= 11 is 7.13. The number of benzene rings is 1. The molecular weight excluding hydrogens is 258 g/mol. The molecule has 0 atom stereocenters. The van der Waals surface area contributed by atoms with Crippen molar-refractivity contribution in [2.24, 2.45) is 0 Å². The summed E-state index contributed by atoms with van der Waals surface area (Å²) in [5.41, 5.74) is 9.06. The van der Waals surface area contributed by atoms with Crippen molar-refractivity contribution in [1.29, 1.82) is 0 Å². The van der Waals surface area contributed by atoms with E-state index >= 15 is 0 Å². The van der Waals surface area contributed by atoms with Gasteiger partial charge >= 0.3 is 0 Å². The second kappa shape index (κ2) is 4.73. The zero-order valence-corrected chi connectivity index (χ0v) is 10.6. The highest BCUT2D eigenvalue weighted by atomic mass is 35.5. The topological polar surface area (TPSA) is 68.0 Å². The van der Waals surface area contributed by atoms with Crippen LogP contribution in [0, 0.1) is 6.92 Å². The van der Waals surface area contributed by atoms with Crippen molar-refractivity contribution in [2.75, 3.05) is 11.1 Å². The van der Waals surface area contributed by atoms with E-state index in [9.17, 15) is 4.79 Å². The first-order valence-electron chi connectivity index (χ1n) is 4.84. The molecule has 0 saturated heterocycles. The summed E-state index contributed by atoms with van der Waals surface area (Å²) in [6, 6.07) is 4.94. The number of thiazole rings is 1. The van der Waals surface area contributed by atoms with Gasteiger partial charge in [0, 0.05) is 5.02 Å². The van der Waals surface area contributed by atoms with Gasteiger partial charge in [-0.1, -0.05) is 11.6 Å². The Balaban J connectivity index is 2.24. The number of aryl methyl sites for hydroxylation is 1. The lowest BCUT2D eigenvalue weighted by Crippen LogP contribution is -2.12. The molecule has 0 radical (unpaired) electrons. The minimum absolute atomic E-state index is 0.223. The first-order valence-corrected chi connectivity index (χ1v) is 6.10. The number of hydrogen-bond donors (Lipinski definition) is 2. The summed E-state index contributed by atoms with van der Waals surface area (Å²) < 4.78 is 0. The second-order valence-corrected chi connectivity index (χ2v) is 4.74. The molecule has 0 aliphatic heterocycles. The van der Waals surface area contributed by atoms with E-state index in [1.165, 1.54) is 11.3 Å². The Morgan fingerprint density at radius 3 is 2.94 bits per heavy atom. The maximum atomic E-state index is 11.9. The summed E-state index contributed by atoms with van der Waals surface area (Å²) in [6.45, 7) is 1.78. The number of nitrogens with one attached hydrogen (secondary N) is 1. The van der Waals surface area contributed by atoms with Crippen molar-refractivity contribution in [1.82, 2.24) is 4.98 Å². The molecule has 0 bridgehead atoms. The third kappa shape index (κ3) is 2.57. The Kier molecular flexibility index (Phi) is 3.31. The largest absolute Gasteiger partial charge is 0.397 e. The van der Waals surface area contributed by atoms with Gasteiger partial charge in [0.2, 0.25) is 0 Å². The molecule has 0 aliphatic rings.